The van der Waals surface area contributed by atoms with E-state index < -0.39 is 11.6 Å². The van der Waals surface area contributed by atoms with Gasteiger partial charge in [0.1, 0.15) is 11.2 Å². The Balaban J connectivity index is 2.03. The molecule has 1 N–H and O–H groups in total. The number of hydrogen-bond donors (Lipinski definition) is 1. The number of hydrogen-bond acceptors (Lipinski definition) is 7. The molecule has 27 heavy (non-hydrogen) atoms. The summed E-state index contributed by atoms with van der Waals surface area (Å²) >= 11 is 0. The Labute approximate surface area is 159 Å². The zero-order valence-electron chi connectivity index (χ0n) is 16.6. The van der Waals surface area contributed by atoms with Crippen molar-refractivity contribution in [2.45, 2.75) is 52.2 Å². The predicted octanol–water partition coefficient (Wildman–Crippen LogP) is 2.41. The molecule has 1 aromatic heterocycles. The van der Waals surface area contributed by atoms with Crippen molar-refractivity contribution in [1.29, 1.82) is 0 Å². The largest absolute Gasteiger partial charge is 0.477 e. The number of carboxylic acid groups (broad SMARTS) is 1. The smallest absolute Gasteiger partial charge is 0.410 e. The third-order valence-electron chi connectivity index (χ3n) is 4.23. The van der Waals surface area contributed by atoms with Crippen LogP contribution in [0.3, 0.4) is 0 Å². The Morgan fingerprint density at radius 2 is 1.96 bits per heavy atom. The van der Waals surface area contributed by atoms with Gasteiger partial charge in [-0.15, -0.1) is 0 Å². The predicted molar refractivity (Wildman–Crippen MR) is 99.4 cm³/mol. The lowest BCUT2D eigenvalue weighted by molar-refractivity contribution is 0.0205. The van der Waals surface area contributed by atoms with Crippen LogP contribution in [-0.4, -0.2) is 70.4 Å². The van der Waals surface area contributed by atoms with Crippen LogP contribution < -0.4 is 9.64 Å². The number of nitrogens with zero attached hydrogens (tertiary/aromatic N) is 4. The fraction of sp³-hybridized carbons (Fsp3) is 0.667. The van der Waals surface area contributed by atoms with Gasteiger partial charge in [0.15, 0.2) is 0 Å². The summed E-state index contributed by atoms with van der Waals surface area (Å²) in [7, 11) is 1.86. The van der Waals surface area contributed by atoms with Crippen molar-refractivity contribution in [3.63, 3.8) is 0 Å². The maximum Gasteiger partial charge on any atom is 0.410 e. The number of carboxylic acids is 1. The molecule has 0 radical (unpaired) electrons. The standard InChI is InChI=1S/C18H28N4O5/c1-6-26-14-13(15(23)24)11-19-16(20-14)21(5)12-7-9-22(10-8-12)17(25)27-18(2,3)4/h11-12H,6-10H2,1-5H3,(H,23,24). The lowest BCUT2D eigenvalue weighted by atomic mass is 10.0. The van der Waals surface area contributed by atoms with E-state index in [4.69, 9.17) is 9.47 Å². The first-order valence-electron chi connectivity index (χ1n) is 9.06. The summed E-state index contributed by atoms with van der Waals surface area (Å²) in [4.78, 5) is 35.5. The fourth-order valence-corrected chi connectivity index (χ4v) is 2.85. The van der Waals surface area contributed by atoms with E-state index in [1.54, 1.807) is 11.8 Å². The van der Waals surface area contributed by atoms with Gasteiger partial charge >= 0.3 is 12.1 Å². The molecule has 150 valence electrons. The van der Waals surface area contributed by atoms with E-state index in [9.17, 15) is 14.7 Å². The highest BCUT2D eigenvalue weighted by Gasteiger charge is 2.29. The Morgan fingerprint density at radius 3 is 2.48 bits per heavy atom. The van der Waals surface area contributed by atoms with Gasteiger partial charge in [0.2, 0.25) is 11.8 Å². The second-order valence-electron chi connectivity index (χ2n) is 7.44. The molecule has 1 fully saturated rings. The Hall–Kier alpha value is -2.58. The minimum Gasteiger partial charge on any atom is -0.477 e. The Morgan fingerprint density at radius 1 is 1.33 bits per heavy atom. The highest BCUT2D eigenvalue weighted by Crippen LogP contribution is 2.24. The van der Waals surface area contributed by atoms with Crippen LogP contribution in [0, 0.1) is 0 Å². The molecule has 9 heteroatoms. The normalized spacial score (nSPS) is 15.4. The summed E-state index contributed by atoms with van der Waals surface area (Å²) in [6, 6.07) is 0.133. The van der Waals surface area contributed by atoms with E-state index in [0.29, 0.717) is 25.6 Å². The number of carbonyl (C=O) groups excluding carboxylic acids is 1. The Bertz CT molecular complexity index is 681. The molecule has 0 unspecified atom stereocenters. The van der Waals surface area contributed by atoms with E-state index in [-0.39, 0.29) is 23.6 Å². The number of carbonyl (C=O) groups is 2. The molecular weight excluding hydrogens is 352 g/mol. The fourth-order valence-electron chi connectivity index (χ4n) is 2.85. The molecule has 0 aromatic carbocycles. The topological polar surface area (TPSA) is 105 Å². The summed E-state index contributed by atoms with van der Waals surface area (Å²) < 4.78 is 10.8. The number of piperidine rings is 1. The number of aromatic carboxylic acids is 1. The number of likely N-dealkylation sites (tertiary alicyclic amines) is 1. The molecule has 0 atom stereocenters. The van der Waals surface area contributed by atoms with E-state index in [2.05, 4.69) is 9.97 Å². The first-order valence-corrected chi connectivity index (χ1v) is 9.06. The highest BCUT2D eigenvalue weighted by atomic mass is 16.6. The van der Waals surface area contributed by atoms with Gasteiger partial charge < -0.3 is 24.4 Å². The van der Waals surface area contributed by atoms with Gasteiger partial charge in [0.25, 0.3) is 0 Å². The number of amides is 1. The monoisotopic (exact) mass is 380 g/mol. The highest BCUT2D eigenvalue weighted by molar-refractivity contribution is 5.89. The van der Waals surface area contributed by atoms with Crippen LogP contribution in [0.25, 0.3) is 0 Å². The van der Waals surface area contributed by atoms with Crippen LogP contribution in [0.4, 0.5) is 10.7 Å². The molecule has 9 nitrogen and oxygen atoms in total. The van der Waals surface area contributed by atoms with Crippen LogP contribution in [0.1, 0.15) is 50.9 Å². The van der Waals surface area contributed by atoms with Crippen LogP contribution in [-0.2, 0) is 4.74 Å². The van der Waals surface area contributed by atoms with Gasteiger partial charge in [-0.2, -0.15) is 4.98 Å². The zero-order chi connectivity index (χ0) is 20.2. The lowest BCUT2D eigenvalue weighted by Gasteiger charge is -2.37. The summed E-state index contributed by atoms with van der Waals surface area (Å²) in [5, 5.41) is 9.21. The van der Waals surface area contributed by atoms with E-state index in [0.717, 1.165) is 12.8 Å². The van der Waals surface area contributed by atoms with Gasteiger partial charge in [0, 0.05) is 26.2 Å². The van der Waals surface area contributed by atoms with Crippen molar-refractivity contribution in [2.24, 2.45) is 0 Å². The Kier molecular flexibility index (Phi) is 6.45. The molecule has 0 bridgehead atoms. The molecule has 0 spiro atoms. The average molecular weight is 380 g/mol. The van der Waals surface area contributed by atoms with Crippen molar-refractivity contribution in [3.05, 3.63) is 11.8 Å². The maximum absolute atomic E-state index is 12.2. The van der Waals surface area contributed by atoms with Crippen molar-refractivity contribution >= 4 is 18.0 Å². The van der Waals surface area contributed by atoms with Crippen molar-refractivity contribution in [1.82, 2.24) is 14.9 Å². The molecular formula is C18H28N4O5. The zero-order valence-corrected chi connectivity index (χ0v) is 16.6. The third-order valence-corrected chi connectivity index (χ3v) is 4.23. The average Bonchev–Trinajstić information content (AvgIpc) is 2.60. The van der Waals surface area contributed by atoms with Gasteiger partial charge in [-0.3, -0.25) is 0 Å². The molecule has 0 saturated carbocycles. The van der Waals surface area contributed by atoms with Gasteiger partial charge in [-0.1, -0.05) is 0 Å². The SMILES string of the molecule is CCOc1nc(N(C)C2CCN(C(=O)OC(C)(C)C)CC2)ncc1C(=O)O. The molecule has 2 rings (SSSR count). The minimum atomic E-state index is -1.13. The van der Waals surface area contributed by atoms with Crippen LogP contribution >= 0.6 is 0 Å². The lowest BCUT2D eigenvalue weighted by Crippen LogP contribution is -2.47. The van der Waals surface area contributed by atoms with Crippen molar-refractivity contribution < 1.29 is 24.2 Å². The molecule has 1 aliphatic heterocycles. The van der Waals surface area contributed by atoms with Crippen LogP contribution in [0.5, 0.6) is 5.88 Å². The summed E-state index contributed by atoms with van der Waals surface area (Å²) in [5.74, 6) is -0.662. The van der Waals surface area contributed by atoms with Gasteiger partial charge in [-0.25, -0.2) is 14.6 Å². The molecule has 1 saturated heterocycles. The number of aromatic nitrogens is 2. The van der Waals surface area contributed by atoms with Crippen molar-refractivity contribution in [2.75, 3.05) is 31.6 Å². The summed E-state index contributed by atoms with van der Waals surface area (Å²) in [6.07, 6.45) is 2.44. The molecule has 1 amide bonds. The number of rotatable bonds is 5. The third kappa shape index (κ3) is 5.45. The second-order valence-corrected chi connectivity index (χ2v) is 7.44. The van der Waals surface area contributed by atoms with E-state index in [1.807, 2.05) is 32.7 Å². The summed E-state index contributed by atoms with van der Waals surface area (Å²) in [6.45, 7) is 8.78. The first-order chi connectivity index (χ1) is 12.6. The molecule has 1 aliphatic rings. The van der Waals surface area contributed by atoms with Crippen LogP contribution in [0.15, 0.2) is 6.20 Å². The maximum atomic E-state index is 12.2. The van der Waals surface area contributed by atoms with Gasteiger partial charge in [0.05, 0.1) is 12.8 Å². The van der Waals surface area contributed by atoms with Crippen LogP contribution in [0.2, 0.25) is 0 Å². The minimum absolute atomic E-state index is 0.0613. The number of ether oxygens (including phenoxy) is 2. The second kappa shape index (κ2) is 8.41. The van der Waals surface area contributed by atoms with E-state index in [1.165, 1.54) is 6.20 Å². The molecule has 1 aromatic rings. The summed E-state index contributed by atoms with van der Waals surface area (Å²) in [5.41, 5.74) is -0.575. The van der Waals surface area contributed by atoms with E-state index >= 15 is 0 Å². The van der Waals surface area contributed by atoms with Gasteiger partial charge in [-0.05, 0) is 40.5 Å². The number of anilines is 1. The van der Waals surface area contributed by atoms with Crippen molar-refractivity contribution in [3.8, 4) is 5.88 Å². The quantitative estimate of drug-likeness (QED) is 0.830. The molecule has 0 aliphatic carbocycles. The first kappa shape index (κ1) is 20.7. The molecule has 2 heterocycles.